The number of H-pyrrole nitrogens is 1. The molecule has 1 heterocycles. The largest absolute Gasteiger partial charge is 0.507 e. The fourth-order valence-electron chi connectivity index (χ4n) is 1.56. The van der Waals surface area contributed by atoms with Crippen molar-refractivity contribution in [3.8, 4) is 17.1 Å². The van der Waals surface area contributed by atoms with E-state index in [1.807, 2.05) is 6.92 Å². The molecule has 0 spiro atoms. The van der Waals surface area contributed by atoms with E-state index >= 15 is 0 Å². The third-order valence-electron chi connectivity index (χ3n) is 2.27. The zero-order valence-electron chi connectivity index (χ0n) is 9.61. The topological polar surface area (TPSA) is 78.0 Å². The van der Waals surface area contributed by atoms with Crippen LogP contribution in [0, 0.1) is 6.92 Å². The maximum atomic E-state index is 11.0. The molecule has 1 aromatic carbocycles. The number of aromatic amines is 1. The molecule has 0 radical (unpaired) electrons. The lowest BCUT2D eigenvalue weighted by Gasteiger charge is -2.06. The van der Waals surface area contributed by atoms with Crippen molar-refractivity contribution in [1.29, 1.82) is 0 Å². The normalized spacial score (nSPS) is 10.2. The van der Waals surface area contributed by atoms with Crippen LogP contribution in [0.4, 0.5) is 5.69 Å². The molecule has 1 amide bonds. The van der Waals surface area contributed by atoms with Crippen molar-refractivity contribution < 1.29 is 9.90 Å². The number of nitrogens with zero attached hydrogens (tertiary/aromatic N) is 1. The highest BCUT2D eigenvalue weighted by molar-refractivity contribution is 5.89. The monoisotopic (exact) mass is 231 g/mol. The number of carbonyl (C=O) groups is 1. The van der Waals surface area contributed by atoms with Crippen LogP contribution in [0.3, 0.4) is 0 Å². The van der Waals surface area contributed by atoms with Gasteiger partial charge in [-0.3, -0.25) is 4.79 Å². The highest BCUT2D eigenvalue weighted by Crippen LogP contribution is 2.29. The molecule has 0 aliphatic carbocycles. The Kier molecular flexibility index (Phi) is 2.82. The quantitative estimate of drug-likeness (QED) is 0.692. The number of nitrogens with one attached hydrogen (secondary N) is 2. The van der Waals surface area contributed by atoms with Crippen molar-refractivity contribution in [2.75, 3.05) is 5.32 Å². The molecule has 1 aromatic heterocycles. The highest BCUT2D eigenvalue weighted by atomic mass is 16.3. The van der Waals surface area contributed by atoms with Crippen LogP contribution in [0.2, 0.25) is 0 Å². The van der Waals surface area contributed by atoms with Crippen LogP contribution in [0.1, 0.15) is 12.6 Å². The van der Waals surface area contributed by atoms with Gasteiger partial charge in [-0.15, -0.1) is 0 Å². The first-order valence-corrected chi connectivity index (χ1v) is 5.19. The predicted octanol–water partition coefficient (Wildman–Crippen LogP) is 2.05. The fraction of sp³-hybridized carbons (Fsp3) is 0.167. The average Bonchev–Trinajstić information content (AvgIpc) is 2.67. The summed E-state index contributed by atoms with van der Waals surface area (Å²) in [5.74, 6) is 0.540. The Balaban J connectivity index is 2.42. The first-order chi connectivity index (χ1) is 8.06. The number of carbonyl (C=O) groups excluding carboxylic acids is 1. The van der Waals surface area contributed by atoms with Crippen molar-refractivity contribution in [1.82, 2.24) is 9.97 Å². The Morgan fingerprint density at radius 1 is 1.47 bits per heavy atom. The summed E-state index contributed by atoms with van der Waals surface area (Å²) in [6, 6.07) is 4.84. The predicted molar refractivity (Wildman–Crippen MR) is 64.7 cm³/mol. The number of benzene rings is 1. The number of rotatable bonds is 2. The van der Waals surface area contributed by atoms with E-state index in [0.29, 0.717) is 17.1 Å². The number of hydrogen-bond acceptors (Lipinski definition) is 3. The first kappa shape index (κ1) is 11.2. The van der Waals surface area contributed by atoms with Crippen molar-refractivity contribution in [2.24, 2.45) is 0 Å². The van der Waals surface area contributed by atoms with E-state index in [-0.39, 0.29) is 11.7 Å². The van der Waals surface area contributed by atoms with Crippen LogP contribution in [0.25, 0.3) is 11.4 Å². The molecule has 2 aromatic rings. The number of aryl methyl sites for hydroxylation is 1. The summed E-state index contributed by atoms with van der Waals surface area (Å²) in [5, 5.41) is 12.4. The van der Waals surface area contributed by atoms with E-state index in [9.17, 15) is 9.90 Å². The van der Waals surface area contributed by atoms with Gasteiger partial charge in [-0.25, -0.2) is 4.98 Å². The fourth-order valence-corrected chi connectivity index (χ4v) is 1.56. The van der Waals surface area contributed by atoms with Crippen LogP contribution in [-0.2, 0) is 4.79 Å². The summed E-state index contributed by atoms with van der Waals surface area (Å²) < 4.78 is 0. The van der Waals surface area contributed by atoms with Gasteiger partial charge in [0.2, 0.25) is 5.91 Å². The van der Waals surface area contributed by atoms with Gasteiger partial charge in [-0.05, 0) is 25.1 Å². The standard InChI is InChI=1S/C12H13N3O2/c1-7-6-13-12(14-7)10-5-9(15-8(2)16)3-4-11(10)17/h3-6,17H,1-2H3,(H,13,14)(H,15,16). The Hall–Kier alpha value is -2.30. The lowest BCUT2D eigenvalue weighted by atomic mass is 10.1. The van der Waals surface area contributed by atoms with Crippen LogP contribution in [0.15, 0.2) is 24.4 Å². The van der Waals surface area contributed by atoms with E-state index in [2.05, 4.69) is 15.3 Å². The number of amides is 1. The molecule has 17 heavy (non-hydrogen) atoms. The second-order valence-electron chi connectivity index (χ2n) is 3.83. The number of phenolic OH excluding ortho intramolecular Hbond substituents is 1. The van der Waals surface area contributed by atoms with Crippen molar-refractivity contribution in [3.63, 3.8) is 0 Å². The highest BCUT2D eigenvalue weighted by Gasteiger charge is 2.09. The second kappa shape index (κ2) is 4.29. The Bertz CT molecular complexity index is 561. The van der Waals surface area contributed by atoms with E-state index < -0.39 is 0 Å². The van der Waals surface area contributed by atoms with Crippen LogP contribution in [0.5, 0.6) is 5.75 Å². The number of aromatic nitrogens is 2. The van der Waals surface area contributed by atoms with Gasteiger partial charge in [-0.1, -0.05) is 0 Å². The SMILES string of the molecule is CC(=O)Nc1ccc(O)c(-c2ncc(C)[nH]2)c1. The summed E-state index contributed by atoms with van der Waals surface area (Å²) in [6.45, 7) is 3.31. The lowest BCUT2D eigenvalue weighted by molar-refractivity contribution is -0.114. The number of aromatic hydroxyl groups is 1. The molecule has 3 N–H and O–H groups in total. The van der Waals surface area contributed by atoms with Gasteiger partial charge in [0.15, 0.2) is 0 Å². The molecule has 5 nitrogen and oxygen atoms in total. The van der Waals surface area contributed by atoms with Gasteiger partial charge < -0.3 is 15.4 Å². The van der Waals surface area contributed by atoms with E-state index in [1.165, 1.54) is 13.0 Å². The molecule has 0 unspecified atom stereocenters. The maximum Gasteiger partial charge on any atom is 0.221 e. The van der Waals surface area contributed by atoms with Crippen LogP contribution < -0.4 is 5.32 Å². The summed E-state index contributed by atoms with van der Waals surface area (Å²) in [7, 11) is 0. The third kappa shape index (κ3) is 2.44. The molecule has 0 aliphatic heterocycles. The number of imidazole rings is 1. The minimum Gasteiger partial charge on any atom is -0.507 e. The van der Waals surface area contributed by atoms with E-state index in [1.54, 1.807) is 18.3 Å². The summed E-state index contributed by atoms with van der Waals surface area (Å²) in [4.78, 5) is 18.1. The Morgan fingerprint density at radius 3 is 2.82 bits per heavy atom. The van der Waals surface area contributed by atoms with Gasteiger partial charge in [-0.2, -0.15) is 0 Å². The van der Waals surface area contributed by atoms with Gasteiger partial charge in [0, 0.05) is 24.5 Å². The van der Waals surface area contributed by atoms with E-state index in [4.69, 9.17) is 0 Å². The van der Waals surface area contributed by atoms with Crippen molar-refractivity contribution in [2.45, 2.75) is 13.8 Å². The average molecular weight is 231 g/mol. The molecule has 2 rings (SSSR count). The lowest BCUT2D eigenvalue weighted by Crippen LogP contribution is -2.05. The second-order valence-corrected chi connectivity index (χ2v) is 3.83. The Morgan fingerprint density at radius 2 is 2.24 bits per heavy atom. The van der Waals surface area contributed by atoms with Crippen LogP contribution in [-0.4, -0.2) is 21.0 Å². The maximum absolute atomic E-state index is 11.0. The molecular formula is C12H13N3O2. The molecule has 0 saturated heterocycles. The number of anilines is 1. The van der Waals surface area contributed by atoms with Crippen molar-refractivity contribution >= 4 is 11.6 Å². The minimum atomic E-state index is -0.155. The zero-order chi connectivity index (χ0) is 12.4. The summed E-state index contributed by atoms with van der Waals surface area (Å²) >= 11 is 0. The molecule has 0 fully saturated rings. The molecular weight excluding hydrogens is 218 g/mol. The Labute approximate surface area is 98.5 Å². The molecule has 88 valence electrons. The molecule has 0 bridgehead atoms. The third-order valence-corrected chi connectivity index (χ3v) is 2.27. The smallest absolute Gasteiger partial charge is 0.221 e. The number of hydrogen-bond donors (Lipinski definition) is 3. The molecule has 0 saturated carbocycles. The van der Waals surface area contributed by atoms with E-state index in [0.717, 1.165) is 5.69 Å². The van der Waals surface area contributed by atoms with Gasteiger partial charge in [0.1, 0.15) is 11.6 Å². The van der Waals surface area contributed by atoms with Gasteiger partial charge in [0.25, 0.3) is 0 Å². The van der Waals surface area contributed by atoms with Crippen LogP contribution >= 0.6 is 0 Å². The zero-order valence-corrected chi connectivity index (χ0v) is 9.61. The van der Waals surface area contributed by atoms with Gasteiger partial charge in [0.05, 0.1) is 5.56 Å². The minimum absolute atomic E-state index is 0.119. The van der Waals surface area contributed by atoms with Gasteiger partial charge >= 0.3 is 0 Å². The summed E-state index contributed by atoms with van der Waals surface area (Å²) in [5.41, 5.74) is 2.09. The molecule has 0 atom stereocenters. The first-order valence-electron chi connectivity index (χ1n) is 5.19. The number of phenols is 1. The summed E-state index contributed by atoms with van der Waals surface area (Å²) in [6.07, 6.45) is 1.68. The van der Waals surface area contributed by atoms with Crippen molar-refractivity contribution in [3.05, 3.63) is 30.1 Å². The molecule has 0 aliphatic rings. The molecule has 5 heteroatoms.